The van der Waals surface area contributed by atoms with Crippen LogP contribution in [0.3, 0.4) is 0 Å². The van der Waals surface area contributed by atoms with Gasteiger partial charge in [-0.25, -0.2) is 4.79 Å². The molecule has 4 amide bonds. The number of carbonyl (C=O) groups is 3. The lowest BCUT2D eigenvalue weighted by Gasteiger charge is -2.26. The van der Waals surface area contributed by atoms with E-state index in [0.29, 0.717) is 25.1 Å². The van der Waals surface area contributed by atoms with Gasteiger partial charge in [-0.2, -0.15) is 0 Å². The van der Waals surface area contributed by atoms with Crippen LogP contribution in [-0.2, 0) is 16.1 Å². The molecule has 2 rings (SSSR count). The Kier molecular flexibility index (Phi) is 5.87. The van der Waals surface area contributed by atoms with Gasteiger partial charge in [-0.1, -0.05) is 26.7 Å². The number of amides is 4. The molecule has 1 fully saturated rings. The van der Waals surface area contributed by atoms with E-state index in [4.69, 9.17) is 4.42 Å². The number of nitrogens with zero attached hydrogens (tertiary/aromatic N) is 2. The fourth-order valence-electron chi connectivity index (χ4n) is 3.29. The number of carbonyl (C=O) groups excluding carboxylic acids is 3. The van der Waals surface area contributed by atoms with Crippen molar-refractivity contribution < 1.29 is 18.8 Å². The van der Waals surface area contributed by atoms with Crippen molar-refractivity contribution in [2.24, 2.45) is 0 Å². The lowest BCUT2D eigenvalue weighted by molar-refractivity contribution is -0.139. The first kappa shape index (κ1) is 19.0. The summed E-state index contributed by atoms with van der Waals surface area (Å²) in [5.74, 6) is 0.837. The molecule has 0 aliphatic carbocycles. The molecule has 1 aromatic heterocycles. The first-order valence-corrected chi connectivity index (χ1v) is 8.76. The summed E-state index contributed by atoms with van der Waals surface area (Å²) >= 11 is 0. The standard InChI is InChI=1S/C18H27N3O4/c1-5-9-18(10-6-2)16(23)21(17(24)19-18)12-15(22)20(4)11-14-8-7-13(3)25-14/h7-8H,5-6,9-12H2,1-4H3,(H,19,24). The molecule has 0 bridgehead atoms. The molecule has 1 aliphatic rings. The molecular weight excluding hydrogens is 322 g/mol. The van der Waals surface area contributed by atoms with Gasteiger partial charge in [0.2, 0.25) is 5.91 Å². The molecule has 2 heterocycles. The SMILES string of the molecule is CCCC1(CCC)NC(=O)N(CC(=O)N(C)Cc2ccc(C)o2)C1=O. The Hall–Kier alpha value is -2.31. The van der Waals surface area contributed by atoms with Crippen LogP contribution in [-0.4, -0.2) is 46.8 Å². The van der Waals surface area contributed by atoms with Gasteiger partial charge < -0.3 is 14.6 Å². The van der Waals surface area contributed by atoms with Crippen LogP contribution in [0.1, 0.15) is 51.1 Å². The smallest absolute Gasteiger partial charge is 0.325 e. The highest BCUT2D eigenvalue weighted by molar-refractivity contribution is 6.09. The van der Waals surface area contributed by atoms with E-state index in [1.54, 1.807) is 13.1 Å². The molecule has 1 aromatic rings. The van der Waals surface area contributed by atoms with E-state index in [1.807, 2.05) is 26.8 Å². The van der Waals surface area contributed by atoms with Crippen molar-refractivity contribution in [1.82, 2.24) is 15.1 Å². The Labute approximate surface area is 148 Å². The summed E-state index contributed by atoms with van der Waals surface area (Å²) in [5, 5.41) is 2.81. The monoisotopic (exact) mass is 349 g/mol. The van der Waals surface area contributed by atoms with Crippen molar-refractivity contribution in [1.29, 1.82) is 0 Å². The van der Waals surface area contributed by atoms with Crippen molar-refractivity contribution >= 4 is 17.8 Å². The quantitative estimate of drug-likeness (QED) is 0.731. The van der Waals surface area contributed by atoms with Crippen LogP contribution in [0, 0.1) is 6.92 Å². The van der Waals surface area contributed by atoms with E-state index in [9.17, 15) is 14.4 Å². The Morgan fingerprint density at radius 3 is 2.40 bits per heavy atom. The van der Waals surface area contributed by atoms with Gasteiger partial charge in [0.1, 0.15) is 23.6 Å². The molecule has 0 spiro atoms. The van der Waals surface area contributed by atoms with Gasteiger partial charge >= 0.3 is 6.03 Å². The predicted octanol–water partition coefficient (Wildman–Crippen LogP) is 2.44. The van der Waals surface area contributed by atoms with Crippen molar-refractivity contribution in [3.8, 4) is 0 Å². The second-order valence-electron chi connectivity index (χ2n) is 6.67. The molecule has 1 aliphatic heterocycles. The maximum atomic E-state index is 12.8. The van der Waals surface area contributed by atoms with Crippen LogP contribution in [0.4, 0.5) is 4.79 Å². The molecule has 0 radical (unpaired) electrons. The number of imide groups is 1. The summed E-state index contributed by atoms with van der Waals surface area (Å²) in [6, 6.07) is 3.15. The average molecular weight is 349 g/mol. The summed E-state index contributed by atoms with van der Waals surface area (Å²) in [7, 11) is 1.63. The molecule has 0 saturated carbocycles. The molecule has 0 aromatic carbocycles. The molecule has 1 saturated heterocycles. The minimum absolute atomic E-state index is 0.254. The number of nitrogens with one attached hydrogen (secondary N) is 1. The number of urea groups is 1. The minimum Gasteiger partial charge on any atom is -0.464 e. The molecule has 7 heteroatoms. The Balaban J connectivity index is 2.04. The Morgan fingerprint density at radius 2 is 1.88 bits per heavy atom. The summed E-state index contributed by atoms with van der Waals surface area (Å²) in [6.07, 6.45) is 2.73. The van der Waals surface area contributed by atoms with E-state index in [-0.39, 0.29) is 18.4 Å². The van der Waals surface area contributed by atoms with Gasteiger partial charge in [0.05, 0.1) is 6.54 Å². The van der Waals surface area contributed by atoms with Crippen molar-refractivity contribution in [3.05, 3.63) is 23.7 Å². The molecule has 0 unspecified atom stereocenters. The maximum absolute atomic E-state index is 12.8. The third kappa shape index (κ3) is 4.03. The fraction of sp³-hybridized carbons (Fsp3) is 0.611. The molecule has 1 N–H and O–H groups in total. The second-order valence-corrected chi connectivity index (χ2v) is 6.67. The Bertz CT molecular complexity index is 647. The van der Waals surface area contributed by atoms with Gasteiger partial charge in [0, 0.05) is 7.05 Å². The maximum Gasteiger partial charge on any atom is 0.325 e. The number of likely N-dealkylation sites (N-methyl/N-ethyl adjacent to an activating group) is 1. The third-order valence-corrected chi connectivity index (χ3v) is 4.51. The molecule has 138 valence electrons. The average Bonchev–Trinajstić information content (AvgIpc) is 3.05. The van der Waals surface area contributed by atoms with E-state index in [0.717, 1.165) is 23.5 Å². The van der Waals surface area contributed by atoms with E-state index in [2.05, 4.69) is 5.32 Å². The highest BCUT2D eigenvalue weighted by Gasteiger charge is 2.50. The zero-order valence-corrected chi connectivity index (χ0v) is 15.4. The zero-order chi connectivity index (χ0) is 18.6. The van der Waals surface area contributed by atoms with Crippen LogP contribution in [0.15, 0.2) is 16.5 Å². The van der Waals surface area contributed by atoms with Gasteiger partial charge in [-0.05, 0) is 31.9 Å². The summed E-state index contributed by atoms with van der Waals surface area (Å²) < 4.78 is 5.46. The normalized spacial score (nSPS) is 16.2. The summed E-state index contributed by atoms with van der Waals surface area (Å²) in [6.45, 7) is 5.83. The fourth-order valence-corrected chi connectivity index (χ4v) is 3.29. The van der Waals surface area contributed by atoms with Gasteiger partial charge in [0.15, 0.2) is 0 Å². The summed E-state index contributed by atoms with van der Waals surface area (Å²) in [4.78, 5) is 40.0. The number of hydrogen-bond acceptors (Lipinski definition) is 4. The van der Waals surface area contributed by atoms with Crippen LogP contribution >= 0.6 is 0 Å². The van der Waals surface area contributed by atoms with E-state index < -0.39 is 11.6 Å². The van der Waals surface area contributed by atoms with Gasteiger partial charge in [-0.15, -0.1) is 0 Å². The third-order valence-electron chi connectivity index (χ3n) is 4.51. The zero-order valence-electron chi connectivity index (χ0n) is 15.4. The largest absolute Gasteiger partial charge is 0.464 e. The molecule has 7 nitrogen and oxygen atoms in total. The number of hydrogen-bond donors (Lipinski definition) is 1. The summed E-state index contributed by atoms with van der Waals surface area (Å²) in [5.41, 5.74) is -0.864. The van der Waals surface area contributed by atoms with Gasteiger partial charge in [0.25, 0.3) is 5.91 Å². The lowest BCUT2D eigenvalue weighted by atomic mass is 9.88. The first-order valence-electron chi connectivity index (χ1n) is 8.76. The van der Waals surface area contributed by atoms with Crippen molar-refractivity contribution in [2.75, 3.05) is 13.6 Å². The van der Waals surface area contributed by atoms with Crippen molar-refractivity contribution in [2.45, 2.75) is 58.5 Å². The van der Waals surface area contributed by atoms with Crippen molar-refractivity contribution in [3.63, 3.8) is 0 Å². The lowest BCUT2D eigenvalue weighted by Crippen LogP contribution is -2.47. The second kappa shape index (κ2) is 7.72. The molecule has 0 atom stereocenters. The van der Waals surface area contributed by atoms with E-state index >= 15 is 0 Å². The van der Waals surface area contributed by atoms with Crippen LogP contribution < -0.4 is 5.32 Å². The van der Waals surface area contributed by atoms with Gasteiger partial charge in [-0.3, -0.25) is 14.5 Å². The number of aryl methyl sites for hydroxylation is 1. The van der Waals surface area contributed by atoms with E-state index in [1.165, 1.54) is 4.90 Å². The first-order chi connectivity index (χ1) is 11.8. The Morgan fingerprint density at radius 1 is 1.24 bits per heavy atom. The molecular formula is C18H27N3O4. The van der Waals surface area contributed by atoms with Crippen LogP contribution in [0.2, 0.25) is 0 Å². The highest BCUT2D eigenvalue weighted by Crippen LogP contribution is 2.28. The van der Waals surface area contributed by atoms with Crippen LogP contribution in [0.25, 0.3) is 0 Å². The minimum atomic E-state index is -0.864. The number of furan rings is 1. The molecule has 25 heavy (non-hydrogen) atoms. The van der Waals surface area contributed by atoms with Crippen LogP contribution in [0.5, 0.6) is 0 Å². The predicted molar refractivity (Wildman–Crippen MR) is 92.7 cm³/mol. The highest BCUT2D eigenvalue weighted by atomic mass is 16.3. The topological polar surface area (TPSA) is 82.9 Å². The number of rotatable bonds is 8.